The number of carbonyl (C=O) groups excluding carboxylic acids is 1. The van der Waals surface area contributed by atoms with Crippen LogP contribution < -0.4 is 9.47 Å². The number of amides is 1. The molecule has 0 bridgehead atoms. The molecule has 1 aliphatic rings. The van der Waals surface area contributed by atoms with Gasteiger partial charge in [0.15, 0.2) is 11.5 Å². The summed E-state index contributed by atoms with van der Waals surface area (Å²) in [6.45, 7) is 0. The van der Waals surface area contributed by atoms with Crippen LogP contribution in [0.1, 0.15) is 33.3 Å². The maximum Gasteiger partial charge on any atom is 0.284 e. The van der Waals surface area contributed by atoms with Crippen molar-refractivity contribution in [2.45, 2.75) is 12.5 Å². The van der Waals surface area contributed by atoms with Crippen molar-refractivity contribution in [1.82, 2.24) is 5.01 Å². The van der Waals surface area contributed by atoms with Gasteiger partial charge < -0.3 is 9.47 Å². The second kappa shape index (κ2) is 8.27. The number of hydrogen-bond acceptors (Lipinski definition) is 5. The van der Waals surface area contributed by atoms with Crippen molar-refractivity contribution < 1.29 is 14.3 Å². The summed E-state index contributed by atoms with van der Waals surface area (Å²) in [5.74, 6) is 1.12. The molecule has 29 heavy (non-hydrogen) atoms. The van der Waals surface area contributed by atoms with Gasteiger partial charge in [0.2, 0.25) is 0 Å². The zero-order valence-electron chi connectivity index (χ0n) is 16.0. The fourth-order valence-corrected chi connectivity index (χ4v) is 4.31. The second-order valence-corrected chi connectivity index (χ2v) is 7.84. The summed E-state index contributed by atoms with van der Waals surface area (Å²) in [6.07, 6.45) is 0.552. The minimum atomic E-state index is -0.276. The molecule has 0 saturated carbocycles. The highest BCUT2D eigenvalue weighted by atomic mass is 35.5. The summed E-state index contributed by atoms with van der Waals surface area (Å²) in [6, 6.07) is 16.6. The highest BCUT2D eigenvalue weighted by molar-refractivity contribution is 7.12. The molecule has 0 N–H and O–H groups in total. The van der Waals surface area contributed by atoms with Crippen LogP contribution in [-0.2, 0) is 0 Å². The Labute approximate surface area is 178 Å². The van der Waals surface area contributed by atoms with E-state index < -0.39 is 0 Å². The van der Waals surface area contributed by atoms with E-state index in [9.17, 15) is 4.79 Å². The first-order valence-electron chi connectivity index (χ1n) is 9.03. The van der Waals surface area contributed by atoms with Crippen molar-refractivity contribution in [3.05, 3.63) is 81.0 Å². The summed E-state index contributed by atoms with van der Waals surface area (Å²) in [5, 5.41) is 8.73. The number of ether oxygens (including phenoxy) is 2. The Hall–Kier alpha value is -2.83. The maximum atomic E-state index is 13.1. The fourth-order valence-electron chi connectivity index (χ4n) is 3.39. The number of carbonyl (C=O) groups is 1. The van der Waals surface area contributed by atoms with Crippen molar-refractivity contribution in [3.63, 3.8) is 0 Å². The predicted molar refractivity (Wildman–Crippen MR) is 115 cm³/mol. The van der Waals surface area contributed by atoms with Crippen molar-refractivity contribution in [3.8, 4) is 11.5 Å². The third-order valence-corrected chi connectivity index (χ3v) is 6.03. The largest absolute Gasteiger partial charge is 0.493 e. The molecule has 4 rings (SSSR count). The van der Waals surface area contributed by atoms with Crippen LogP contribution >= 0.6 is 22.9 Å². The number of rotatable bonds is 5. The molecule has 0 saturated heterocycles. The molecule has 0 aliphatic carbocycles. The quantitative estimate of drug-likeness (QED) is 0.548. The summed E-state index contributed by atoms with van der Waals surface area (Å²) >= 11 is 7.85. The lowest BCUT2D eigenvalue weighted by Gasteiger charge is -2.22. The van der Waals surface area contributed by atoms with Gasteiger partial charge in [0.05, 0.1) is 30.9 Å². The van der Waals surface area contributed by atoms with Crippen molar-refractivity contribution in [2.24, 2.45) is 5.10 Å². The van der Waals surface area contributed by atoms with Gasteiger partial charge in [-0.25, -0.2) is 5.01 Å². The standard InChI is InChI=1S/C22H19ClN2O3S/c1-27-19-10-9-14(12-20(19)28-2)17-13-18(15-6-3-4-7-16(15)23)25(24-17)22(26)21-8-5-11-29-21/h3-12,18H,13H2,1-2H3. The number of benzene rings is 2. The van der Waals surface area contributed by atoms with Gasteiger partial charge in [-0.1, -0.05) is 35.9 Å². The molecule has 148 valence electrons. The molecule has 1 unspecified atom stereocenters. The Kier molecular flexibility index (Phi) is 5.56. The maximum absolute atomic E-state index is 13.1. The first-order valence-corrected chi connectivity index (χ1v) is 10.3. The van der Waals surface area contributed by atoms with Crippen molar-refractivity contribution >= 4 is 34.6 Å². The van der Waals surface area contributed by atoms with E-state index in [-0.39, 0.29) is 11.9 Å². The molecular formula is C22H19ClN2O3S. The van der Waals surface area contributed by atoms with Gasteiger partial charge in [0, 0.05) is 17.0 Å². The minimum absolute atomic E-state index is 0.139. The monoisotopic (exact) mass is 426 g/mol. The van der Waals surface area contributed by atoms with E-state index in [0.717, 1.165) is 16.8 Å². The molecule has 2 heterocycles. The van der Waals surface area contributed by atoms with E-state index in [1.165, 1.54) is 11.3 Å². The molecule has 1 aromatic heterocycles. The van der Waals surface area contributed by atoms with Crippen LogP contribution in [-0.4, -0.2) is 30.8 Å². The highest BCUT2D eigenvalue weighted by Crippen LogP contribution is 2.38. The zero-order valence-corrected chi connectivity index (χ0v) is 17.5. The van der Waals surface area contributed by atoms with E-state index in [1.807, 2.05) is 53.9 Å². The molecule has 0 fully saturated rings. The van der Waals surface area contributed by atoms with Crippen LogP contribution in [0.4, 0.5) is 0 Å². The van der Waals surface area contributed by atoms with Crippen LogP contribution in [0.15, 0.2) is 65.1 Å². The van der Waals surface area contributed by atoms with Crippen LogP contribution in [0.2, 0.25) is 5.02 Å². The Bertz CT molecular complexity index is 1070. The molecule has 0 spiro atoms. The van der Waals surface area contributed by atoms with Crippen LogP contribution in [0, 0.1) is 0 Å². The lowest BCUT2D eigenvalue weighted by molar-refractivity contribution is 0.0716. The van der Waals surface area contributed by atoms with Crippen molar-refractivity contribution in [1.29, 1.82) is 0 Å². The van der Waals surface area contributed by atoms with Gasteiger partial charge in [-0.3, -0.25) is 4.79 Å². The average molecular weight is 427 g/mol. The van der Waals surface area contributed by atoms with E-state index in [2.05, 4.69) is 0 Å². The molecule has 1 aliphatic heterocycles. The zero-order chi connectivity index (χ0) is 20.4. The normalized spacial score (nSPS) is 15.9. The molecule has 2 aromatic carbocycles. The molecule has 5 nitrogen and oxygen atoms in total. The molecule has 0 radical (unpaired) electrons. The topological polar surface area (TPSA) is 51.1 Å². The van der Waals surface area contributed by atoms with Crippen molar-refractivity contribution in [2.75, 3.05) is 14.2 Å². The van der Waals surface area contributed by atoms with Gasteiger partial charge in [0.25, 0.3) is 5.91 Å². The Morgan fingerprint density at radius 1 is 1.10 bits per heavy atom. The van der Waals surface area contributed by atoms with E-state index in [0.29, 0.717) is 27.8 Å². The number of nitrogens with zero attached hydrogens (tertiary/aromatic N) is 2. The first-order chi connectivity index (χ1) is 14.1. The van der Waals surface area contributed by atoms with Gasteiger partial charge in [0.1, 0.15) is 0 Å². The van der Waals surface area contributed by atoms with E-state index in [4.69, 9.17) is 26.2 Å². The summed E-state index contributed by atoms with van der Waals surface area (Å²) in [4.78, 5) is 13.8. The number of hydrazone groups is 1. The fraction of sp³-hybridized carbons (Fsp3) is 0.182. The predicted octanol–water partition coefficient (Wildman–Crippen LogP) is 5.41. The third kappa shape index (κ3) is 3.73. The summed E-state index contributed by atoms with van der Waals surface area (Å²) in [7, 11) is 3.19. The average Bonchev–Trinajstić information content (AvgIpc) is 3.43. The van der Waals surface area contributed by atoms with Gasteiger partial charge >= 0.3 is 0 Å². The van der Waals surface area contributed by atoms with E-state index >= 15 is 0 Å². The van der Waals surface area contributed by atoms with Gasteiger partial charge in [-0.05, 0) is 41.3 Å². The lowest BCUT2D eigenvalue weighted by atomic mass is 9.98. The highest BCUT2D eigenvalue weighted by Gasteiger charge is 2.35. The van der Waals surface area contributed by atoms with Gasteiger partial charge in [-0.15, -0.1) is 11.3 Å². The van der Waals surface area contributed by atoms with Crippen LogP contribution in [0.5, 0.6) is 11.5 Å². The first kappa shape index (κ1) is 19.5. The number of halogens is 1. The number of thiophene rings is 1. The lowest BCUT2D eigenvalue weighted by Crippen LogP contribution is -2.26. The minimum Gasteiger partial charge on any atom is -0.493 e. The SMILES string of the molecule is COc1ccc(C2=NN(C(=O)c3cccs3)C(c3ccccc3Cl)C2)cc1OC. The molecule has 3 aromatic rings. The molecule has 7 heteroatoms. The summed E-state index contributed by atoms with van der Waals surface area (Å²) < 4.78 is 10.7. The third-order valence-electron chi connectivity index (χ3n) is 4.83. The van der Waals surface area contributed by atoms with Gasteiger partial charge in [-0.2, -0.15) is 5.10 Å². The Balaban J connectivity index is 1.75. The number of hydrogen-bond donors (Lipinski definition) is 0. The van der Waals surface area contributed by atoms with Crippen LogP contribution in [0.3, 0.4) is 0 Å². The Morgan fingerprint density at radius 3 is 2.59 bits per heavy atom. The molecular weight excluding hydrogens is 408 g/mol. The smallest absolute Gasteiger partial charge is 0.284 e. The van der Waals surface area contributed by atoms with Crippen LogP contribution in [0.25, 0.3) is 0 Å². The molecule has 1 amide bonds. The molecule has 1 atom stereocenters. The second-order valence-electron chi connectivity index (χ2n) is 6.48. The van der Waals surface area contributed by atoms with E-state index in [1.54, 1.807) is 25.3 Å². The Morgan fingerprint density at radius 2 is 1.90 bits per heavy atom. The summed E-state index contributed by atoms with van der Waals surface area (Å²) in [5.41, 5.74) is 2.54. The number of methoxy groups -OCH3 is 2.